The van der Waals surface area contributed by atoms with Crippen molar-refractivity contribution in [3.05, 3.63) is 81.9 Å². The molecule has 1 aliphatic rings. The van der Waals surface area contributed by atoms with E-state index in [9.17, 15) is 14.4 Å². The largest absolute Gasteiger partial charge is 0.322 e. The van der Waals surface area contributed by atoms with Gasteiger partial charge in [0.15, 0.2) is 0 Å². The Hall–Kier alpha value is -2.66. The van der Waals surface area contributed by atoms with Crippen LogP contribution in [0.1, 0.15) is 33.2 Å². The highest BCUT2D eigenvalue weighted by Crippen LogP contribution is 2.33. The number of rotatable bonds is 4. The zero-order valence-corrected chi connectivity index (χ0v) is 13.9. The first-order valence-electron chi connectivity index (χ1n) is 7.45. The van der Waals surface area contributed by atoms with Gasteiger partial charge in [-0.2, -0.15) is 0 Å². The van der Waals surface area contributed by atoms with Crippen LogP contribution in [0.2, 0.25) is 0 Å². The summed E-state index contributed by atoms with van der Waals surface area (Å²) < 4.78 is 0. The summed E-state index contributed by atoms with van der Waals surface area (Å²) in [6, 6.07) is 16.3. The molecule has 1 amide bonds. The molecule has 0 fully saturated rings. The van der Waals surface area contributed by atoms with Crippen molar-refractivity contribution in [2.75, 3.05) is 0 Å². The number of thioether (sulfide) groups is 1. The third-order valence-electron chi connectivity index (χ3n) is 3.60. The quantitative estimate of drug-likeness (QED) is 0.929. The van der Waals surface area contributed by atoms with E-state index in [2.05, 4.69) is 5.32 Å². The van der Waals surface area contributed by atoms with Crippen molar-refractivity contribution in [2.24, 2.45) is 0 Å². The molecule has 24 heavy (non-hydrogen) atoms. The maximum Gasteiger partial charge on any atom is 0.221 e. The molecule has 0 saturated heterocycles. The van der Waals surface area contributed by atoms with Crippen LogP contribution in [0, 0.1) is 0 Å². The van der Waals surface area contributed by atoms with Gasteiger partial charge < -0.3 is 5.32 Å². The van der Waals surface area contributed by atoms with Crippen molar-refractivity contribution in [1.82, 2.24) is 5.32 Å². The molecule has 1 N–H and O–H groups in total. The van der Waals surface area contributed by atoms with Crippen molar-refractivity contribution in [3.63, 3.8) is 0 Å². The molecule has 0 bridgehead atoms. The van der Waals surface area contributed by atoms with Crippen molar-refractivity contribution in [1.29, 1.82) is 0 Å². The van der Waals surface area contributed by atoms with Crippen molar-refractivity contribution < 1.29 is 14.4 Å². The molecule has 4 nitrogen and oxygen atoms in total. The maximum atomic E-state index is 12.8. The highest BCUT2D eigenvalue weighted by atomic mass is 32.2. The summed E-state index contributed by atoms with van der Waals surface area (Å²) in [5.41, 5.74) is 1.82. The van der Waals surface area contributed by atoms with Crippen LogP contribution in [0.4, 0.5) is 0 Å². The number of carbonyl (C=O) groups is 3. The van der Waals surface area contributed by atoms with Gasteiger partial charge in [0.2, 0.25) is 17.5 Å². The van der Waals surface area contributed by atoms with Crippen LogP contribution in [-0.4, -0.2) is 17.5 Å². The molecular weight excluding hydrogens is 322 g/mol. The van der Waals surface area contributed by atoms with Crippen LogP contribution < -0.4 is 5.32 Å². The molecule has 0 radical (unpaired) electrons. The van der Waals surface area contributed by atoms with Crippen LogP contribution in [0.25, 0.3) is 0 Å². The molecule has 0 saturated carbocycles. The first kappa shape index (κ1) is 16.2. The zero-order chi connectivity index (χ0) is 17.1. The number of amides is 1. The number of carbonyl (C=O) groups excluding carboxylic acids is 3. The molecule has 0 aliphatic heterocycles. The Labute approximate surface area is 144 Å². The fourth-order valence-corrected chi connectivity index (χ4v) is 3.54. The molecule has 1 aliphatic carbocycles. The second-order valence-corrected chi connectivity index (χ2v) is 6.35. The van der Waals surface area contributed by atoms with Gasteiger partial charge in [-0.15, -0.1) is 11.8 Å². The summed E-state index contributed by atoms with van der Waals surface area (Å²) in [6.45, 7) is 1.32. The highest BCUT2D eigenvalue weighted by Gasteiger charge is 2.32. The third kappa shape index (κ3) is 3.16. The zero-order valence-electron chi connectivity index (χ0n) is 13.0. The minimum atomic E-state index is -0.372. The highest BCUT2D eigenvalue weighted by molar-refractivity contribution is 8.03. The Morgan fingerprint density at radius 2 is 1.50 bits per heavy atom. The van der Waals surface area contributed by atoms with E-state index in [-0.39, 0.29) is 28.1 Å². The van der Waals surface area contributed by atoms with Gasteiger partial charge in [0.25, 0.3) is 0 Å². The van der Waals surface area contributed by atoms with E-state index < -0.39 is 0 Å². The molecule has 0 unspecified atom stereocenters. The lowest BCUT2D eigenvalue weighted by Gasteiger charge is -2.20. The van der Waals surface area contributed by atoms with Gasteiger partial charge in [0.05, 0.1) is 4.91 Å². The molecule has 3 rings (SSSR count). The third-order valence-corrected chi connectivity index (χ3v) is 4.76. The number of benzene rings is 2. The Kier molecular flexibility index (Phi) is 4.62. The molecule has 0 spiro atoms. The predicted octanol–water partition coefficient (Wildman–Crippen LogP) is 3.35. The summed E-state index contributed by atoms with van der Waals surface area (Å²) in [7, 11) is 0. The summed E-state index contributed by atoms with van der Waals surface area (Å²) in [5.74, 6) is -0.380. The maximum absolute atomic E-state index is 12.8. The van der Waals surface area contributed by atoms with Crippen molar-refractivity contribution in [2.45, 2.75) is 12.7 Å². The minimum absolute atomic E-state index is 0.0760. The van der Waals surface area contributed by atoms with Crippen LogP contribution in [0.15, 0.2) is 65.2 Å². The van der Waals surface area contributed by atoms with Gasteiger partial charge in [-0.05, 0) is 5.56 Å². The summed E-state index contributed by atoms with van der Waals surface area (Å²) >= 11 is 1.27. The smallest absolute Gasteiger partial charge is 0.221 e. The molecule has 2 aromatic carbocycles. The van der Waals surface area contributed by atoms with Crippen molar-refractivity contribution in [3.8, 4) is 0 Å². The van der Waals surface area contributed by atoms with Crippen LogP contribution >= 0.6 is 11.8 Å². The first-order chi connectivity index (χ1) is 11.6. The first-order valence-corrected chi connectivity index (χ1v) is 8.43. The number of ketones is 2. The molecule has 2 aromatic rings. The fraction of sp³-hybridized carbons (Fsp3) is 0.105. The number of nitrogens with one attached hydrogen (secondary N) is 1. The van der Waals surface area contributed by atoms with E-state index >= 15 is 0 Å². The van der Waals surface area contributed by atoms with E-state index in [0.29, 0.717) is 16.9 Å². The molecule has 0 aromatic heterocycles. The summed E-state index contributed by atoms with van der Waals surface area (Å²) in [6.07, 6.45) is 0. The van der Waals surface area contributed by atoms with Gasteiger partial charge in [-0.3, -0.25) is 14.4 Å². The number of hydrogen-bond donors (Lipinski definition) is 1. The Bertz CT molecular complexity index is 856. The average Bonchev–Trinajstić information content (AvgIpc) is 2.59. The number of allylic oxidation sites excluding steroid dienone is 2. The lowest BCUT2D eigenvalue weighted by molar-refractivity contribution is -0.118. The van der Waals surface area contributed by atoms with Gasteiger partial charge in [-0.25, -0.2) is 0 Å². The fourth-order valence-electron chi connectivity index (χ4n) is 2.51. The van der Waals surface area contributed by atoms with Crippen LogP contribution in [0.3, 0.4) is 0 Å². The van der Waals surface area contributed by atoms with E-state index in [1.54, 1.807) is 24.3 Å². The van der Waals surface area contributed by atoms with Crippen LogP contribution in [0.5, 0.6) is 0 Å². The average molecular weight is 337 g/mol. The second-order valence-electron chi connectivity index (χ2n) is 5.36. The summed E-state index contributed by atoms with van der Waals surface area (Å²) in [5, 5.41) is 2.54. The van der Waals surface area contributed by atoms with E-state index in [1.165, 1.54) is 18.7 Å². The number of Topliss-reactive ketones (excluding diaryl/α,β-unsaturated/α-hetero) is 2. The molecule has 0 heterocycles. The topological polar surface area (TPSA) is 63.2 Å². The SMILES string of the molecule is CC(=O)NC1=C(SCc2ccccc2)C(=O)c2ccccc2C1=O. The summed E-state index contributed by atoms with van der Waals surface area (Å²) in [4.78, 5) is 37.2. The predicted molar refractivity (Wildman–Crippen MR) is 93.7 cm³/mol. The van der Waals surface area contributed by atoms with Crippen molar-refractivity contribution >= 4 is 29.2 Å². The Morgan fingerprint density at radius 3 is 2.12 bits per heavy atom. The number of hydrogen-bond acceptors (Lipinski definition) is 4. The van der Waals surface area contributed by atoms with E-state index in [4.69, 9.17) is 0 Å². The molecule has 5 heteroatoms. The lowest BCUT2D eigenvalue weighted by Crippen LogP contribution is -2.32. The molecule has 120 valence electrons. The van der Waals surface area contributed by atoms with Gasteiger partial charge in [0.1, 0.15) is 5.70 Å². The molecular formula is C19H15NO3S. The monoisotopic (exact) mass is 337 g/mol. The van der Waals surface area contributed by atoms with Crippen LogP contribution in [-0.2, 0) is 10.5 Å². The minimum Gasteiger partial charge on any atom is -0.322 e. The van der Waals surface area contributed by atoms with Gasteiger partial charge in [-0.1, -0.05) is 54.6 Å². The van der Waals surface area contributed by atoms with E-state index in [0.717, 1.165) is 5.56 Å². The number of fused-ring (bicyclic) bond motifs is 1. The second kappa shape index (κ2) is 6.84. The van der Waals surface area contributed by atoms with E-state index in [1.807, 2.05) is 30.3 Å². The molecule has 0 atom stereocenters. The van der Waals surface area contributed by atoms with Gasteiger partial charge >= 0.3 is 0 Å². The van der Waals surface area contributed by atoms with Gasteiger partial charge in [0, 0.05) is 23.8 Å². The standard InChI is InChI=1S/C19H15NO3S/c1-12(21)20-16-17(22)14-9-5-6-10-15(14)18(23)19(16)24-11-13-7-3-2-4-8-13/h2-10H,11H2,1H3,(H,20,21). The Morgan fingerprint density at radius 1 is 0.917 bits per heavy atom. The lowest BCUT2D eigenvalue weighted by atomic mass is 9.92. The Balaban J connectivity index is 1.99. The normalized spacial score (nSPS) is 13.7.